The summed E-state index contributed by atoms with van der Waals surface area (Å²) in [5.41, 5.74) is 0. The van der Waals surface area contributed by atoms with E-state index in [1.54, 1.807) is 29.8 Å². The molecule has 1 unspecified atom stereocenters. The van der Waals surface area contributed by atoms with Gasteiger partial charge in [-0.1, -0.05) is 11.6 Å². The summed E-state index contributed by atoms with van der Waals surface area (Å²) >= 11 is 15.5. The highest BCUT2D eigenvalue weighted by Crippen LogP contribution is 2.43. The summed E-state index contributed by atoms with van der Waals surface area (Å²) < 4.78 is 5.23. The van der Waals surface area contributed by atoms with Crippen molar-refractivity contribution in [3.8, 4) is 5.75 Å². The molecule has 0 fully saturated rings. The van der Waals surface area contributed by atoms with Crippen molar-refractivity contribution >= 4 is 45.9 Å². The van der Waals surface area contributed by atoms with Gasteiger partial charge in [-0.15, -0.1) is 34.3 Å². The Morgan fingerprint density at radius 1 is 1.20 bits per heavy atom. The summed E-state index contributed by atoms with van der Waals surface area (Å²) in [6, 6.07) is 3.77. The van der Waals surface area contributed by atoms with Gasteiger partial charge in [-0.3, -0.25) is 0 Å². The Bertz CT molecular complexity index is 450. The molecule has 0 saturated carbocycles. The monoisotopic (exact) mass is 278 g/mol. The molecule has 0 bridgehead atoms. The van der Waals surface area contributed by atoms with E-state index in [1.807, 2.05) is 22.9 Å². The van der Waals surface area contributed by atoms with Crippen LogP contribution < -0.4 is 4.74 Å². The van der Waals surface area contributed by atoms with Gasteiger partial charge in [0.1, 0.15) is 11.1 Å². The Morgan fingerprint density at radius 2 is 1.87 bits per heavy atom. The van der Waals surface area contributed by atoms with E-state index in [0.29, 0.717) is 0 Å². The van der Waals surface area contributed by atoms with Crippen LogP contribution in [0.1, 0.15) is 15.1 Å². The van der Waals surface area contributed by atoms with Gasteiger partial charge in [0.15, 0.2) is 0 Å². The second-order valence-corrected chi connectivity index (χ2v) is 5.59. The lowest BCUT2D eigenvalue weighted by molar-refractivity contribution is 0.413. The van der Waals surface area contributed by atoms with Crippen molar-refractivity contribution in [2.75, 3.05) is 7.11 Å². The molecular formula is C10H8Cl2OS2. The first kappa shape index (κ1) is 11.3. The van der Waals surface area contributed by atoms with Crippen molar-refractivity contribution in [3.05, 3.63) is 37.7 Å². The maximum absolute atomic E-state index is 6.36. The van der Waals surface area contributed by atoms with Gasteiger partial charge in [0.05, 0.1) is 17.0 Å². The fourth-order valence-electron chi connectivity index (χ4n) is 1.27. The third-order valence-corrected chi connectivity index (χ3v) is 5.06. The Balaban J connectivity index is 2.36. The fraction of sp³-hybridized carbons (Fsp3) is 0.200. The first-order valence-corrected chi connectivity index (χ1v) is 6.79. The van der Waals surface area contributed by atoms with Gasteiger partial charge in [-0.2, -0.15) is 0 Å². The molecule has 0 radical (unpaired) electrons. The Kier molecular flexibility index (Phi) is 3.57. The molecule has 2 heterocycles. The molecular weight excluding hydrogens is 271 g/mol. The van der Waals surface area contributed by atoms with Crippen molar-refractivity contribution in [1.29, 1.82) is 0 Å². The molecule has 15 heavy (non-hydrogen) atoms. The summed E-state index contributed by atoms with van der Waals surface area (Å²) in [5, 5.41) is 4.40. The first-order valence-electron chi connectivity index (χ1n) is 4.22. The number of halogens is 2. The molecule has 1 atom stereocenters. The van der Waals surface area contributed by atoms with Crippen LogP contribution in [0.3, 0.4) is 0 Å². The van der Waals surface area contributed by atoms with Crippen LogP contribution in [0, 0.1) is 0 Å². The van der Waals surface area contributed by atoms with Crippen LogP contribution in [0.5, 0.6) is 5.75 Å². The Morgan fingerprint density at radius 3 is 2.47 bits per heavy atom. The van der Waals surface area contributed by atoms with Crippen LogP contribution in [0.4, 0.5) is 0 Å². The number of alkyl halides is 1. The highest BCUT2D eigenvalue weighted by atomic mass is 35.5. The molecule has 2 aromatic heterocycles. The van der Waals surface area contributed by atoms with Crippen molar-refractivity contribution in [3.63, 3.8) is 0 Å². The molecule has 0 aliphatic carbocycles. The quantitative estimate of drug-likeness (QED) is 0.733. The van der Waals surface area contributed by atoms with Crippen LogP contribution in [0.2, 0.25) is 5.02 Å². The molecule has 0 spiro atoms. The molecule has 5 heteroatoms. The predicted molar refractivity (Wildman–Crippen MR) is 67.9 cm³/mol. The first-order chi connectivity index (χ1) is 7.24. The van der Waals surface area contributed by atoms with Crippen molar-refractivity contribution in [2.24, 2.45) is 0 Å². The number of hydrogen-bond acceptors (Lipinski definition) is 3. The summed E-state index contributed by atoms with van der Waals surface area (Å²) in [4.78, 5) is 1.97. The molecule has 1 nitrogen and oxygen atoms in total. The van der Waals surface area contributed by atoms with E-state index >= 15 is 0 Å². The third kappa shape index (κ3) is 2.16. The topological polar surface area (TPSA) is 9.23 Å². The Labute approximate surface area is 106 Å². The third-order valence-electron chi connectivity index (χ3n) is 1.98. The average molecular weight is 279 g/mol. The van der Waals surface area contributed by atoms with Gasteiger partial charge in [0, 0.05) is 4.88 Å². The van der Waals surface area contributed by atoms with E-state index in [2.05, 4.69) is 0 Å². The van der Waals surface area contributed by atoms with Gasteiger partial charge in [0.25, 0.3) is 0 Å². The number of rotatable bonds is 3. The number of thiophene rings is 2. The SMILES string of the molecule is COc1ccsc1C(Cl)c1sccc1Cl. The predicted octanol–water partition coefficient (Wildman–Crippen LogP) is 4.80. The van der Waals surface area contributed by atoms with Gasteiger partial charge in [-0.05, 0) is 22.9 Å². The summed E-state index contributed by atoms with van der Waals surface area (Å²) in [7, 11) is 1.64. The smallest absolute Gasteiger partial charge is 0.134 e. The Hall–Kier alpha value is -0.220. The number of ether oxygens (including phenoxy) is 1. The fourth-order valence-corrected chi connectivity index (χ4v) is 3.92. The van der Waals surface area contributed by atoms with E-state index in [-0.39, 0.29) is 5.38 Å². The second-order valence-electron chi connectivity index (χ2n) is 2.85. The van der Waals surface area contributed by atoms with E-state index in [1.165, 1.54) is 0 Å². The maximum Gasteiger partial charge on any atom is 0.134 e. The zero-order valence-corrected chi connectivity index (χ0v) is 11.0. The summed E-state index contributed by atoms with van der Waals surface area (Å²) in [5.74, 6) is 0.824. The second kappa shape index (κ2) is 4.74. The number of hydrogen-bond donors (Lipinski definition) is 0. The molecule has 0 aliphatic rings. The van der Waals surface area contributed by atoms with Gasteiger partial charge < -0.3 is 4.74 Å². The minimum Gasteiger partial charge on any atom is -0.496 e. The molecule has 0 aromatic carbocycles. The van der Waals surface area contributed by atoms with Gasteiger partial charge >= 0.3 is 0 Å². The minimum atomic E-state index is -0.215. The van der Waals surface area contributed by atoms with Gasteiger partial charge in [0.2, 0.25) is 0 Å². The molecule has 0 aliphatic heterocycles. The maximum atomic E-state index is 6.36. The highest BCUT2D eigenvalue weighted by Gasteiger charge is 2.20. The highest BCUT2D eigenvalue weighted by molar-refractivity contribution is 7.12. The normalized spacial score (nSPS) is 12.7. The lowest BCUT2D eigenvalue weighted by atomic mass is 10.3. The number of methoxy groups -OCH3 is 1. The molecule has 2 aromatic rings. The van der Waals surface area contributed by atoms with E-state index in [9.17, 15) is 0 Å². The standard InChI is InChI=1S/C10H8Cl2OS2/c1-13-7-3-5-15-10(7)8(12)9-6(11)2-4-14-9/h2-5,8H,1H3. The van der Waals surface area contributed by atoms with Crippen molar-refractivity contribution in [1.82, 2.24) is 0 Å². The minimum absolute atomic E-state index is 0.215. The lowest BCUT2D eigenvalue weighted by Crippen LogP contribution is -1.91. The van der Waals surface area contributed by atoms with E-state index < -0.39 is 0 Å². The largest absolute Gasteiger partial charge is 0.496 e. The summed E-state index contributed by atoms with van der Waals surface area (Å²) in [6.07, 6.45) is 0. The van der Waals surface area contributed by atoms with Gasteiger partial charge in [-0.25, -0.2) is 0 Å². The zero-order valence-electron chi connectivity index (χ0n) is 7.87. The van der Waals surface area contributed by atoms with E-state index in [4.69, 9.17) is 27.9 Å². The molecule has 0 saturated heterocycles. The van der Waals surface area contributed by atoms with Crippen molar-refractivity contribution < 1.29 is 4.74 Å². The molecule has 2 rings (SSSR count). The van der Waals surface area contributed by atoms with Crippen LogP contribution >= 0.6 is 45.9 Å². The molecule has 80 valence electrons. The summed E-state index contributed by atoms with van der Waals surface area (Å²) in [6.45, 7) is 0. The zero-order chi connectivity index (χ0) is 10.8. The van der Waals surface area contributed by atoms with Crippen LogP contribution in [0.15, 0.2) is 22.9 Å². The average Bonchev–Trinajstić information content (AvgIpc) is 2.84. The van der Waals surface area contributed by atoms with Crippen molar-refractivity contribution in [2.45, 2.75) is 5.38 Å². The lowest BCUT2D eigenvalue weighted by Gasteiger charge is -2.08. The molecule has 0 amide bonds. The molecule has 0 N–H and O–H groups in total. The van der Waals surface area contributed by atoms with Crippen LogP contribution in [-0.2, 0) is 0 Å². The van der Waals surface area contributed by atoms with Crippen LogP contribution in [0.25, 0.3) is 0 Å². The van der Waals surface area contributed by atoms with E-state index in [0.717, 1.165) is 20.5 Å². The van der Waals surface area contributed by atoms with Crippen LogP contribution in [-0.4, -0.2) is 7.11 Å².